The maximum atomic E-state index is 5.29. The molecule has 2 nitrogen and oxygen atoms in total. The zero-order chi connectivity index (χ0) is 4.69. The minimum Gasteiger partial charge on any atom is -0.375 e. The van der Waals surface area contributed by atoms with Crippen LogP contribution in [-0.4, -0.2) is 25.3 Å². The van der Waals surface area contributed by atoms with E-state index in [4.69, 9.17) is 4.74 Å². The maximum absolute atomic E-state index is 5.29. The third-order valence-electron chi connectivity index (χ3n) is 1.71. The van der Waals surface area contributed by atoms with Gasteiger partial charge in [-0.1, -0.05) is 0 Å². The van der Waals surface area contributed by atoms with Crippen molar-refractivity contribution in [3.63, 3.8) is 0 Å². The van der Waals surface area contributed by atoms with Crippen LogP contribution in [0.25, 0.3) is 0 Å². The molecule has 2 aliphatic rings. The molecule has 2 heterocycles. The van der Waals surface area contributed by atoms with E-state index in [2.05, 4.69) is 5.32 Å². The molecule has 3 heteroatoms. The van der Waals surface area contributed by atoms with Crippen molar-refractivity contribution in [3.05, 3.63) is 0 Å². The van der Waals surface area contributed by atoms with Crippen LogP contribution in [0.5, 0.6) is 0 Å². The van der Waals surface area contributed by atoms with Crippen molar-refractivity contribution < 1.29 is 4.74 Å². The topological polar surface area (TPSA) is 21.3 Å². The zero-order valence-corrected chi connectivity index (χ0v) is 5.41. The van der Waals surface area contributed by atoms with Crippen LogP contribution in [0.15, 0.2) is 0 Å². The molecule has 1 N–H and O–H groups in total. The van der Waals surface area contributed by atoms with Gasteiger partial charge in [-0.25, -0.2) is 0 Å². The van der Waals surface area contributed by atoms with Crippen LogP contribution in [0.2, 0.25) is 0 Å². The van der Waals surface area contributed by atoms with Gasteiger partial charge >= 0.3 is 0 Å². The molecule has 0 aromatic rings. The van der Waals surface area contributed by atoms with Gasteiger partial charge in [-0.3, -0.25) is 0 Å². The molecule has 0 spiro atoms. The van der Waals surface area contributed by atoms with E-state index in [1.807, 2.05) is 0 Å². The summed E-state index contributed by atoms with van der Waals surface area (Å²) in [6.45, 7) is 2.04. The second-order valence-electron chi connectivity index (χ2n) is 2.30. The summed E-state index contributed by atoms with van der Waals surface area (Å²) >= 11 is 0. The van der Waals surface area contributed by atoms with E-state index in [9.17, 15) is 0 Å². The molecule has 0 radical (unpaired) electrons. The summed E-state index contributed by atoms with van der Waals surface area (Å²) in [5.74, 6) is 0. The normalized spacial score (nSPS) is 42.0. The number of ether oxygens (including phenoxy) is 1. The van der Waals surface area contributed by atoms with Crippen LogP contribution in [0.3, 0.4) is 0 Å². The van der Waals surface area contributed by atoms with Gasteiger partial charge in [0.15, 0.2) is 0 Å². The predicted molar refractivity (Wildman–Crippen MR) is 33.4 cm³/mol. The number of rotatable bonds is 0. The van der Waals surface area contributed by atoms with E-state index in [1.54, 1.807) is 0 Å². The Bertz CT molecular complexity index is 70.5. The van der Waals surface area contributed by atoms with Crippen LogP contribution in [0.4, 0.5) is 0 Å². The number of morpholine rings is 1. The molecule has 2 saturated heterocycles. The van der Waals surface area contributed by atoms with Crippen LogP contribution < -0.4 is 5.32 Å². The van der Waals surface area contributed by atoms with Crippen molar-refractivity contribution in [3.8, 4) is 0 Å². The molecule has 2 aliphatic heterocycles. The molecule has 2 bridgehead atoms. The highest BCUT2D eigenvalue weighted by Crippen LogP contribution is 2.17. The van der Waals surface area contributed by atoms with E-state index in [0.29, 0.717) is 12.1 Å². The Morgan fingerprint density at radius 2 is 2.38 bits per heavy atom. The van der Waals surface area contributed by atoms with E-state index < -0.39 is 0 Å². The molecule has 0 saturated carbocycles. The Balaban J connectivity index is 0.000000320. The molecular weight excluding hydrogens is 126 g/mol. The number of hydrogen-bond donors (Lipinski definition) is 1. The van der Waals surface area contributed by atoms with Crippen molar-refractivity contribution in [2.45, 2.75) is 18.6 Å². The third kappa shape index (κ3) is 0.835. The molecule has 2 rings (SSSR count). The molecular formula is C5H10ClNO. The fourth-order valence-electron chi connectivity index (χ4n) is 1.29. The lowest BCUT2D eigenvalue weighted by molar-refractivity contribution is 0.0892. The highest BCUT2D eigenvalue weighted by atomic mass is 35.5. The Kier molecular flexibility index (Phi) is 1.75. The van der Waals surface area contributed by atoms with Crippen LogP contribution >= 0.6 is 12.4 Å². The van der Waals surface area contributed by atoms with Crippen molar-refractivity contribution in [1.29, 1.82) is 0 Å². The molecule has 0 aliphatic carbocycles. The Morgan fingerprint density at radius 1 is 1.50 bits per heavy atom. The number of hydrogen-bond acceptors (Lipinski definition) is 2. The molecule has 2 fully saturated rings. The zero-order valence-electron chi connectivity index (χ0n) is 4.59. The van der Waals surface area contributed by atoms with Gasteiger partial charge in [0, 0.05) is 12.6 Å². The molecule has 0 unspecified atom stereocenters. The summed E-state index contributed by atoms with van der Waals surface area (Å²) in [6, 6.07) is 0.699. The highest BCUT2D eigenvalue weighted by molar-refractivity contribution is 5.85. The Hall–Kier alpha value is 0.210. The molecule has 2 atom stereocenters. The Labute approximate surface area is 55.0 Å². The van der Waals surface area contributed by atoms with Gasteiger partial charge in [0.2, 0.25) is 0 Å². The minimum absolute atomic E-state index is 0. The second kappa shape index (κ2) is 2.21. The predicted octanol–water partition coefficient (Wildman–Crippen LogP) is 0.169. The van der Waals surface area contributed by atoms with Gasteiger partial charge in [-0.2, -0.15) is 0 Å². The van der Waals surface area contributed by atoms with Gasteiger partial charge in [-0.15, -0.1) is 12.4 Å². The van der Waals surface area contributed by atoms with Gasteiger partial charge in [-0.05, 0) is 6.42 Å². The first-order valence-corrected chi connectivity index (χ1v) is 2.80. The van der Waals surface area contributed by atoms with E-state index in [1.165, 1.54) is 6.42 Å². The molecule has 0 aromatic carbocycles. The molecule has 48 valence electrons. The SMILES string of the molecule is C1O[C@@H]2CN[C@@H]1C2.Cl. The van der Waals surface area contributed by atoms with Gasteiger partial charge in [0.1, 0.15) is 0 Å². The first-order valence-electron chi connectivity index (χ1n) is 2.80. The fourth-order valence-corrected chi connectivity index (χ4v) is 1.29. The molecule has 0 amide bonds. The van der Waals surface area contributed by atoms with Crippen LogP contribution in [-0.2, 0) is 4.74 Å². The van der Waals surface area contributed by atoms with Crippen LogP contribution in [0, 0.1) is 0 Å². The summed E-state index contributed by atoms with van der Waals surface area (Å²) in [5.41, 5.74) is 0. The summed E-state index contributed by atoms with van der Waals surface area (Å²) in [5, 5.41) is 3.33. The van der Waals surface area contributed by atoms with Crippen molar-refractivity contribution in [1.82, 2.24) is 5.32 Å². The molecule has 0 aromatic heterocycles. The highest BCUT2D eigenvalue weighted by Gasteiger charge is 2.31. The first kappa shape index (κ1) is 6.33. The number of halogens is 1. The summed E-state index contributed by atoms with van der Waals surface area (Å²) in [6.07, 6.45) is 1.81. The quantitative estimate of drug-likeness (QED) is 0.511. The summed E-state index contributed by atoms with van der Waals surface area (Å²) in [7, 11) is 0. The van der Waals surface area contributed by atoms with Crippen molar-refractivity contribution in [2.75, 3.05) is 13.2 Å². The summed E-state index contributed by atoms with van der Waals surface area (Å²) in [4.78, 5) is 0. The van der Waals surface area contributed by atoms with Gasteiger partial charge in [0.05, 0.1) is 12.7 Å². The maximum Gasteiger partial charge on any atom is 0.0716 e. The first-order chi connectivity index (χ1) is 3.45. The van der Waals surface area contributed by atoms with E-state index in [0.717, 1.165) is 13.2 Å². The largest absolute Gasteiger partial charge is 0.375 e. The lowest BCUT2D eigenvalue weighted by Crippen LogP contribution is -2.30. The van der Waals surface area contributed by atoms with Crippen molar-refractivity contribution in [2.24, 2.45) is 0 Å². The lowest BCUT2D eigenvalue weighted by Gasteiger charge is -2.09. The summed E-state index contributed by atoms with van der Waals surface area (Å²) < 4.78 is 5.29. The lowest BCUT2D eigenvalue weighted by atomic mass is 10.3. The van der Waals surface area contributed by atoms with Gasteiger partial charge in [0.25, 0.3) is 0 Å². The van der Waals surface area contributed by atoms with Crippen LogP contribution in [0.1, 0.15) is 6.42 Å². The average Bonchev–Trinajstić information content (AvgIpc) is 2.22. The van der Waals surface area contributed by atoms with Gasteiger partial charge < -0.3 is 10.1 Å². The molecule has 8 heavy (non-hydrogen) atoms. The van der Waals surface area contributed by atoms with E-state index in [-0.39, 0.29) is 12.4 Å². The fraction of sp³-hybridized carbons (Fsp3) is 1.00. The smallest absolute Gasteiger partial charge is 0.0716 e. The Morgan fingerprint density at radius 3 is 2.50 bits per heavy atom. The number of nitrogens with one attached hydrogen (secondary N) is 1. The monoisotopic (exact) mass is 135 g/mol. The van der Waals surface area contributed by atoms with Crippen molar-refractivity contribution >= 4 is 12.4 Å². The third-order valence-corrected chi connectivity index (χ3v) is 1.71. The minimum atomic E-state index is 0. The number of fused-ring (bicyclic) bond motifs is 2. The standard InChI is InChI=1S/C5H9NO.ClH/c1-4-3-7-5(1)2-6-4;/h4-6H,1-3H2;1H/t4-,5+;/m1./s1. The average molecular weight is 136 g/mol. The van der Waals surface area contributed by atoms with E-state index >= 15 is 0 Å². The second-order valence-corrected chi connectivity index (χ2v) is 2.30.